The number of sulfone groups is 1. The van der Waals surface area contributed by atoms with Crippen molar-refractivity contribution in [2.75, 3.05) is 22.1 Å². The van der Waals surface area contributed by atoms with Gasteiger partial charge >= 0.3 is 0 Å². The highest BCUT2D eigenvalue weighted by molar-refractivity contribution is 8.15. The molecule has 0 aromatic heterocycles. The smallest absolute Gasteiger partial charge is 0.228 e. The lowest BCUT2D eigenvalue weighted by atomic mass is 10.1. The van der Waals surface area contributed by atoms with E-state index in [-0.39, 0.29) is 40.1 Å². The molecule has 2 aromatic rings. The van der Waals surface area contributed by atoms with Gasteiger partial charge in [-0.25, -0.2) is 12.8 Å². The number of nitrogens with one attached hydrogen (secondary N) is 2. The summed E-state index contributed by atoms with van der Waals surface area (Å²) in [5.41, 5.74) is 2.06. The molecule has 1 saturated heterocycles. The number of nitrogens with zero attached hydrogens (tertiary/aromatic N) is 1. The highest BCUT2D eigenvalue weighted by atomic mass is 35.5. The van der Waals surface area contributed by atoms with Crippen molar-refractivity contribution in [3.05, 3.63) is 58.9 Å². The molecule has 2 heterocycles. The number of rotatable bonds is 4. The van der Waals surface area contributed by atoms with Crippen LogP contribution in [0.5, 0.6) is 0 Å². The third-order valence-corrected chi connectivity index (χ3v) is 8.02. The van der Waals surface area contributed by atoms with E-state index in [4.69, 9.17) is 11.6 Å². The monoisotopic (exact) mass is 453 g/mol. The standard InChI is InChI=1S/C19H17ClFN3O3S2/c20-14-8-13(5-6-15(14)21)22-18(25)7-11-1-3-12(4-2-11)23-19-24-16-9-29(26,27)10-17(16)28-19/h1-6,8,16-17H,7,9-10H2,(H,22,25)(H,23,24)/t16-,17-/m1/s1. The number of thioether (sulfide) groups is 1. The lowest BCUT2D eigenvalue weighted by Gasteiger charge is -2.09. The molecule has 0 bridgehead atoms. The van der Waals surface area contributed by atoms with E-state index in [9.17, 15) is 17.6 Å². The summed E-state index contributed by atoms with van der Waals surface area (Å²) in [6, 6.07) is 11.2. The van der Waals surface area contributed by atoms with Gasteiger partial charge in [0, 0.05) is 16.6 Å². The average Bonchev–Trinajstić information content (AvgIpc) is 3.12. The summed E-state index contributed by atoms with van der Waals surface area (Å²) in [6.07, 6.45) is 0.160. The fourth-order valence-corrected chi connectivity index (χ4v) is 7.07. The fourth-order valence-electron chi connectivity index (χ4n) is 3.21. The highest BCUT2D eigenvalue weighted by Gasteiger charge is 2.42. The lowest BCUT2D eigenvalue weighted by molar-refractivity contribution is -0.115. The van der Waals surface area contributed by atoms with Crippen molar-refractivity contribution >= 4 is 55.6 Å². The number of halogens is 2. The predicted octanol–water partition coefficient (Wildman–Crippen LogP) is 3.34. The quantitative estimate of drug-likeness (QED) is 0.741. The van der Waals surface area contributed by atoms with Gasteiger partial charge in [-0.05, 0) is 35.9 Å². The molecule has 0 aliphatic carbocycles. The Morgan fingerprint density at radius 3 is 2.59 bits per heavy atom. The zero-order valence-electron chi connectivity index (χ0n) is 15.1. The largest absolute Gasteiger partial charge is 0.335 e. The minimum absolute atomic E-state index is 0.00886. The number of anilines is 2. The van der Waals surface area contributed by atoms with Crippen molar-refractivity contribution in [1.29, 1.82) is 0 Å². The average molecular weight is 454 g/mol. The Morgan fingerprint density at radius 2 is 1.90 bits per heavy atom. The van der Waals surface area contributed by atoms with Crippen LogP contribution in [0.4, 0.5) is 15.8 Å². The number of amidine groups is 1. The van der Waals surface area contributed by atoms with Gasteiger partial charge in [-0.1, -0.05) is 35.5 Å². The second-order valence-electron chi connectivity index (χ2n) is 6.91. The Labute approximate surface area is 176 Å². The van der Waals surface area contributed by atoms with Crippen molar-refractivity contribution in [2.24, 2.45) is 4.99 Å². The molecular formula is C19H17ClFN3O3S2. The molecule has 0 unspecified atom stereocenters. The van der Waals surface area contributed by atoms with Gasteiger partial charge in [0.1, 0.15) is 5.82 Å². The maximum Gasteiger partial charge on any atom is 0.228 e. The van der Waals surface area contributed by atoms with Gasteiger partial charge < -0.3 is 10.6 Å². The Hall–Kier alpha value is -2.10. The predicted molar refractivity (Wildman–Crippen MR) is 115 cm³/mol. The third kappa shape index (κ3) is 4.91. The van der Waals surface area contributed by atoms with E-state index in [1.165, 1.54) is 30.0 Å². The van der Waals surface area contributed by atoms with Crippen LogP contribution < -0.4 is 10.6 Å². The number of aliphatic imine (C=N–C) groups is 1. The van der Waals surface area contributed by atoms with Gasteiger partial charge in [-0.2, -0.15) is 0 Å². The van der Waals surface area contributed by atoms with Gasteiger partial charge in [0.2, 0.25) is 5.91 Å². The van der Waals surface area contributed by atoms with E-state index in [1.807, 2.05) is 24.3 Å². The van der Waals surface area contributed by atoms with Crippen molar-refractivity contribution in [2.45, 2.75) is 17.7 Å². The van der Waals surface area contributed by atoms with Gasteiger partial charge in [-0.15, -0.1) is 0 Å². The zero-order valence-corrected chi connectivity index (χ0v) is 17.5. The Balaban J connectivity index is 1.32. The number of amides is 1. The van der Waals surface area contributed by atoms with Crippen LogP contribution in [-0.4, -0.2) is 42.3 Å². The van der Waals surface area contributed by atoms with Gasteiger partial charge in [0.05, 0.1) is 29.0 Å². The summed E-state index contributed by atoms with van der Waals surface area (Å²) < 4.78 is 36.4. The van der Waals surface area contributed by atoms with Crippen molar-refractivity contribution in [3.8, 4) is 0 Å². The Bertz CT molecular complexity index is 1090. The molecule has 2 atom stereocenters. The second-order valence-corrected chi connectivity index (χ2v) is 10.7. The first-order valence-corrected chi connectivity index (χ1v) is 11.9. The zero-order chi connectivity index (χ0) is 20.6. The molecule has 2 aliphatic rings. The summed E-state index contributed by atoms with van der Waals surface area (Å²) in [5.74, 6) is -0.491. The van der Waals surface area contributed by atoms with E-state index in [1.54, 1.807) is 0 Å². The summed E-state index contributed by atoms with van der Waals surface area (Å²) in [6.45, 7) is 0. The summed E-state index contributed by atoms with van der Waals surface area (Å²) in [5, 5.41) is 6.54. The van der Waals surface area contributed by atoms with E-state index in [2.05, 4.69) is 15.6 Å². The van der Waals surface area contributed by atoms with Crippen LogP contribution >= 0.6 is 23.4 Å². The number of carbonyl (C=O) groups is 1. The van der Waals surface area contributed by atoms with Crippen molar-refractivity contribution in [1.82, 2.24) is 0 Å². The van der Waals surface area contributed by atoms with E-state index >= 15 is 0 Å². The SMILES string of the molecule is O=C(Cc1ccc(NC2=N[C@@H]3CS(=O)(=O)C[C@H]3S2)cc1)Nc1ccc(F)c(Cl)c1. The third-order valence-electron chi connectivity index (χ3n) is 4.59. The van der Waals surface area contributed by atoms with Crippen molar-refractivity contribution < 1.29 is 17.6 Å². The summed E-state index contributed by atoms with van der Waals surface area (Å²) in [4.78, 5) is 16.6. The van der Waals surface area contributed by atoms with Gasteiger partial charge in [-0.3, -0.25) is 9.79 Å². The first-order chi connectivity index (χ1) is 13.8. The normalized spacial score (nSPS) is 22.1. The Morgan fingerprint density at radius 1 is 1.17 bits per heavy atom. The van der Waals surface area contributed by atoms with Crippen LogP contribution in [0.25, 0.3) is 0 Å². The first kappa shape index (κ1) is 20.2. The number of hydrogen-bond acceptors (Lipinski definition) is 6. The Kier molecular flexibility index (Phi) is 5.54. The molecule has 2 aliphatic heterocycles. The molecular weight excluding hydrogens is 437 g/mol. The first-order valence-electron chi connectivity index (χ1n) is 8.83. The van der Waals surface area contributed by atoms with E-state index in [0.717, 1.165) is 11.3 Å². The van der Waals surface area contributed by atoms with E-state index in [0.29, 0.717) is 10.9 Å². The van der Waals surface area contributed by atoms with Crippen LogP contribution in [0.3, 0.4) is 0 Å². The maximum absolute atomic E-state index is 13.2. The van der Waals surface area contributed by atoms with Crippen molar-refractivity contribution in [3.63, 3.8) is 0 Å². The molecule has 152 valence electrons. The molecule has 6 nitrogen and oxygen atoms in total. The van der Waals surface area contributed by atoms with E-state index < -0.39 is 15.7 Å². The molecule has 2 N–H and O–H groups in total. The number of fused-ring (bicyclic) bond motifs is 1. The molecule has 0 spiro atoms. The van der Waals surface area contributed by atoms with Crippen LogP contribution in [0.1, 0.15) is 5.56 Å². The lowest BCUT2D eigenvalue weighted by Crippen LogP contribution is -2.14. The number of carbonyl (C=O) groups excluding carboxylic acids is 1. The summed E-state index contributed by atoms with van der Waals surface area (Å²) in [7, 11) is -2.97. The molecule has 29 heavy (non-hydrogen) atoms. The number of hydrogen-bond donors (Lipinski definition) is 2. The molecule has 4 rings (SSSR count). The van der Waals surface area contributed by atoms with Crippen LogP contribution in [0, 0.1) is 5.82 Å². The van der Waals surface area contributed by atoms with Crippen LogP contribution in [0.2, 0.25) is 5.02 Å². The number of benzene rings is 2. The molecule has 0 radical (unpaired) electrons. The van der Waals surface area contributed by atoms with Gasteiger partial charge in [0.15, 0.2) is 15.0 Å². The maximum atomic E-state index is 13.2. The van der Waals surface area contributed by atoms with Crippen LogP contribution in [-0.2, 0) is 21.1 Å². The molecule has 1 amide bonds. The molecule has 2 aromatic carbocycles. The summed E-state index contributed by atoms with van der Waals surface area (Å²) >= 11 is 7.17. The second kappa shape index (κ2) is 7.97. The minimum atomic E-state index is -2.97. The molecule has 1 fully saturated rings. The van der Waals surface area contributed by atoms with Gasteiger partial charge in [0.25, 0.3) is 0 Å². The minimum Gasteiger partial charge on any atom is -0.335 e. The molecule has 0 saturated carbocycles. The topological polar surface area (TPSA) is 87.6 Å². The van der Waals surface area contributed by atoms with Crippen LogP contribution in [0.15, 0.2) is 47.5 Å². The highest BCUT2D eigenvalue weighted by Crippen LogP contribution is 2.34. The molecule has 10 heteroatoms. The fraction of sp³-hybridized carbons (Fsp3) is 0.263.